The lowest BCUT2D eigenvalue weighted by Gasteiger charge is -2.38. The summed E-state index contributed by atoms with van der Waals surface area (Å²) in [5.41, 5.74) is 1.69. The Bertz CT molecular complexity index is 686. The Morgan fingerprint density at radius 3 is 2.43 bits per heavy atom. The summed E-state index contributed by atoms with van der Waals surface area (Å²) >= 11 is 0. The number of nitrogens with one attached hydrogen (secondary N) is 1. The van der Waals surface area contributed by atoms with Gasteiger partial charge in [-0.2, -0.15) is 0 Å². The van der Waals surface area contributed by atoms with Crippen LogP contribution >= 0.6 is 24.0 Å². The van der Waals surface area contributed by atoms with Crippen LogP contribution in [0.1, 0.15) is 52.0 Å². The van der Waals surface area contributed by atoms with Crippen molar-refractivity contribution in [3.05, 3.63) is 23.8 Å². The highest BCUT2D eigenvalue weighted by atomic mass is 127. The smallest absolute Gasteiger partial charge is 0.193 e. The van der Waals surface area contributed by atoms with E-state index in [2.05, 4.69) is 43.1 Å². The van der Waals surface area contributed by atoms with Crippen LogP contribution in [0, 0.1) is 5.41 Å². The van der Waals surface area contributed by atoms with Gasteiger partial charge in [0.15, 0.2) is 17.5 Å². The zero-order chi connectivity index (χ0) is 19.5. The molecule has 0 unspecified atom stereocenters. The van der Waals surface area contributed by atoms with Gasteiger partial charge in [-0.05, 0) is 49.3 Å². The normalized spacial score (nSPS) is 18.5. The van der Waals surface area contributed by atoms with Gasteiger partial charge in [0.05, 0.1) is 20.8 Å². The van der Waals surface area contributed by atoms with Crippen molar-refractivity contribution < 1.29 is 9.47 Å². The van der Waals surface area contributed by atoms with Crippen molar-refractivity contribution in [2.45, 2.75) is 51.9 Å². The summed E-state index contributed by atoms with van der Waals surface area (Å²) in [7, 11) is 3.35. The number of guanidine groups is 1. The first kappa shape index (κ1) is 23.1. The molecule has 1 saturated heterocycles. The molecule has 1 N–H and O–H groups in total. The minimum atomic E-state index is -0.0892. The highest BCUT2D eigenvalue weighted by Gasteiger charge is 2.43. The minimum absolute atomic E-state index is 0. The van der Waals surface area contributed by atoms with Crippen LogP contribution in [0.2, 0.25) is 0 Å². The summed E-state index contributed by atoms with van der Waals surface area (Å²) in [6, 6.07) is 6.16. The lowest BCUT2D eigenvalue weighted by molar-refractivity contribution is 0.151. The number of aliphatic imine (C=N–C) groups is 1. The first-order chi connectivity index (χ1) is 12.9. The largest absolute Gasteiger partial charge is 0.493 e. The summed E-state index contributed by atoms with van der Waals surface area (Å²) in [6.45, 7) is 10.5. The van der Waals surface area contributed by atoms with Crippen LogP contribution in [-0.4, -0.2) is 51.3 Å². The number of nitrogens with zero attached hydrogens (tertiary/aromatic N) is 2. The molecule has 2 aliphatic rings. The Balaban J connectivity index is 0.00000280. The van der Waals surface area contributed by atoms with Gasteiger partial charge in [0.1, 0.15) is 0 Å². The van der Waals surface area contributed by atoms with Gasteiger partial charge in [-0.15, -0.1) is 24.0 Å². The summed E-state index contributed by atoms with van der Waals surface area (Å²) in [5.74, 6) is 2.59. The summed E-state index contributed by atoms with van der Waals surface area (Å²) < 4.78 is 10.8. The van der Waals surface area contributed by atoms with Crippen molar-refractivity contribution in [1.82, 2.24) is 10.2 Å². The Labute approximate surface area is 187 Å². The lowest BCUT2D eigenvalue weighted by Crippen LogP contribution is -2.43. The molecule has 1 saturated carbocycles. The average Bonchev–Trinajstić information content (AvgIpc) is 3.10. The maximum absolute atomic E-state index is 5.48. The third-order valence-electron chi connectivity index (χ3n) is 6.28. The van der Waals surface area contributed by atoms with E-state index >= 15 is 0 Å². The summed E-state index contributed by atoms with van der Waals surface area (Å²) in [4.78, 5) is 7.49. The Kier molecular flexibility index (Phi) is 7.88. The molecular formula is C22H36IN3O2. The molecule has 28 heavy (non-hydrogen) atoms. The molecular weight excluding hydrogens is 465 g/mol. The van der Waals surface area contributed by atoms with Crippen molar-refractivity contribution in [2.24, 2.45) is 10.4 Å². The number of hydrogen-bond donors (Lipinski definition) is 1. The molecule has 1 heterocycles. The fourth-order valence-electron chi connectivity index (χ4n) is 4.25. The minimum Gasteiger partial charge on any atom is -0.493 e. The maximum atomic E-state index is 5.48. The molecule has 5 nitrogen and oxygen atoms in total. The molecule has 1 aliphatic carbocycles. The van der Waals surface area contributed by atoms with Crippen molar-refractivity contribution in [3.8, 4) is 11.5 Å². The zero-order valence-electron chi connectivity index (χ0n) is 18.0. The number of likely N-dealkylation sites (tertiary alicyclic amines) is 1. The summed E-state index contributed by atoms with van der Waals surface area (Å²) in [5, 5.41) is 3.51. The predicted octanol–water partition coefficient (Wildman–Crippen LogP) is 4.44. The highest BCUT2D eigenvalue weighted by Crippen LogP contribution is 2.47. The van der Waals surface area contributed by atoms with Crippen molar-refractivity contribution in [2.75, 3.05) is 40.4 Å². The molecule has 0 bridgehead atoms. The Hall–Kier alpha value is -1.18. The zero-order valence-corrected chi connectivity index (χ0v) is 20.3. The van der Waals surface area contributed by atoms with Crippen LogP contribution in [0.25, 0.3) is 0 Å². The van der Waals surface area contributed by atoms with Crippen LogP contribution in [0.5, 0.6) is 11.5 Å². The number of benzene rings is 1. The SMILES string of the molecule is CCNC(=NCC(C)(C)c1ccc(OC)c(OC)c1)N1CCC2(CCC2)C1.I. The van der Waals surface area contributed by atoms with Gasteiger partial charge in [-0.3, -0.25) is 4.99 Å². The molecule has 158 valence electrons. The second-order valence-electron chi connectivity index (χ2n) is 8.65. The lowest BCUT2D eigenvalue weighted by atomic mass is 9.68. The third kappa shape index (κ3) is 4.86. The number of ether oxygens (including phenoxy) is 2. The topological polar surface area (TPSA) is 46.1 Å². The van der Waals surface area contributed by atoms with Crippen molar-refractivity contribution >= 4 is 29.9 Å². The fraction of sp³-hybridized carbons (Fsp3) is 0.682. The van der Waals surface area contributed by atoms with Gasteiger partial charge >= 0.3 is 0 Å². The molecule has 6 heteroatoms. The number of methoxy groups -OCH3 is 2. The average molecular weight is 501 g/mol. The molecule has 1 spiro atoms. The molecule has 0 amide bonds. The molecule has 0 atom stereocenters. The van der Waals surface area contributed by atoms with Crippen LogP contribution in [-0.2, 0) is 5.41 Å². The monoisotopic (exact) mass is 501 g/mol. The molecule has 0 radical (unpaired) electrons. The van der Waals surface area contributed by atoms with Crippen LogP contribution in [0.15, 0.2) is 23.2 Å². The molecule has 3 rings (SSSR count). The first-order valence-electron chi connectivity index (χ1n) is 10.2. The van der Waals surface area contributed by atoms with Crippen molar-refractivity contribution in [3.63, 3.8) is 0 Å². The van der Waals surface area contributed by atoms with E-state index in [-0.39, 0.29) is 29.4 Å². The molecule has 1 aromatic carbocycles. The van der Waals surface area contributed by atoms with Gasteiger partial charge in [-0.1, -0.05) is 26.3 Å². The maximum Gasteiger partial charge on any atom is 0.193 e. The number of rotatable bonds is 6. The second-order valence-corrected chi connectivity index (χ2v) is 8.65. The van der Waals surface area contributed by atoms with Crippen LogP contribution in [0.4, 0.5) is 0 Å². The second kappa shape index (κ2) is 9.55. The number of hydrogen-bond acceptors (Lipinski definition) is 3. The van der Waals surface area contributed by atoms with E-state index < -0.39 is 0 Å². The van der Waals surface area contributed by atoms with Gasteiger partial charge in [0.2, 0.25) is 0 Å². The summed E-state index contributed by atoms with van der Waals surface area (Å²) in [6.07, 6.45) is 5.49. The number of halogens is 1. The quantitative estimate of drug-likeness (QED) is 0.356. The van der Waals surface area contributed by atoms with E-state index in [0.29, 0.717) is 5.41 Å². The Morgan fingerprint density at radius 1 is 1.18 bits per heavy atom. The van der Waals surface area contributed by atoms with E-state index in [4.69, 9.17) is 14.5 Å². The molecule has 2 fully saturated rings. The van der Waals surface area contributed by atoms with E-state index in [9.17, 15) is 0 Å². The molecule has 1 aromatic rings. The van der Waals surface area contributed by atoms with E-state index in [1.54, 1.807) is 14.2 Å². The van der Waals surface area contributed by atoms with E-state index in [0.717, 1.165) is 43.6 Å². The van der Waals surface area contributed by atoms with Crippen LogP contribution in [0.3, 0.4) is 0 Å². The Morgan fingerprint density at radius 2 is 1.89 bits per heavy atom. The standard InChI is InChI=1S/C22H35N3O2.HI/c1-6-23-20(25-13-12-22(16-25)10-7-11-22)24-15-21(2,3)17-8-9-18(26-4)19(14-17)27-5;/h8-9,14H,6-7,10-13,15-16H2,1-5H3,(H,23,24);1H. The first-order valence-corrected chi connectivity index (χ1v) is 10.2. The predicted molar refractivity (Wildman–Crippen MR) is 126 cm³/mol. The van der Waals surface area contributed by atoms with Gasteiger partial charge in [0.25, 0.3) is 0 Å². The third-order valence-corrected chi connectivity index (χ3v) is 6.28. The molecule has 1 aliphatic heterocycles. The van der Waals surface area contributed by atoms with Gasteiger partial charge in [0, 0.05) is 25.0 Å². The molecule has 0 aromatic heterocycles. The van der Waals surface area contributed by atoms with E-state index in [1.165, 1.54) is 31.2 Å². The highest BCUT2D eigenvalue weighted by molar-refractivity contribution is 14.0. The van der Waals surface area contributed by atoms with Crippen molar-refractivity contribution in [1.29, 1.82) is 0 Å². The van der Waals surface area contributed by atoms with Gasteiger partial charge < -0.3 is 19.7 Å². The van der Waals surface area contributed by atoms with Gasteiger partial charge in [-0.25, -0.2) is 0 Å². The van der Waals surface area contributed by atoms with E-state index in [1.807, 2.05) is 6.07 Å². The van der Waals surface area contributed by atoms with Crippen LogP contribution < -0.4 is 14.8 Å². The fourth-order valence-corrected chi connectivity index (χ4v) is 4.25.